The highest BCUT2D eigenvalue weighted by Gasteiger charge is 2.06. The maximum absolute atomic E-state index is 5.55. The van der Waals surface area contributed by atoms with Crippen LogP contribution in [0.15, 0.2) is 42.5 Å². The second-order valence-corrected chi connectivity index (χ2v) is 3.52. The third-order valence-corrected chi connectivity index (χ3v) is 2.21. The predicted molar refractivity (Wildman–Crippen MR) is 62.5 cm³/mol. The minimum atomic E-state index is 0.119. The van der Waals surface area contributed by atoms with Crippen molar-refractivity contribution in [2.75, 3.05) is 6.61 Å². The van der Waals surface area contributed by atoms with Gasteiger partial charge in [0.25, 0.3) is 0 Å². The van der Waals surface area contributed by atoms with Crippen molar-refractivity contribution in [2.45, 2.75) is 19.4 Å². The number of nitrogens with one attached hydrogen (secondary N) is 1. The first-order valence-corrected chi connectivity index (χ1v) is 5.03. The topological polar surface area (TPSA) is 47.3 Å². The first-order chi connectivity index (χ1) is 7.24. The van der Waals surface area contributed by atoms with Crippen molar-refractivity contribution >= 4 is 0 Å². The van der Waals surface area contributed by atoms with Crippen molar-refractivity contribution in [1.82, 2.24) is 5.43 Å². The normalized spacial score (nSPS) is 12.1. The van der Waals surface area contributed by atoms with Gasteiger partial charge < -0.3 is 4.74 Å². The minimum absolute atomic E-state index is 0.119. The minimum Gasteiger partial charge on any atom is -0.494 e. The third-order valence-electron chi connectivity index (χ3n) is 2.21. The lowest BCUT2D eigenvalue weighted by atomic mass is 10.1. The molecule has 0 radical (unpaired) electrons. The molecule has 3 N–H and O–H groups in total. The van der Waals surface area contributed by atoms with Gasteiger partial charge in [-0.3, -0.25) is 11.3 Å². The first kappa shape index (κ1) is 11.8. The number of hydrazine groups is 1. The summed E-state index contributed by atoms with van der Waals surface area (Å²) in [6.07, 6.45) is 0.820. The highest BCUT2D eigenvalue weighted by molar-refractivity contribution is 5.20. The summed E-state index contributed by atoms with van der Waals surface area (Å²) in [5, 5.41) is 0. The van der Waals surface area contributed by atoms with E-state index >= 15 is 0 Å². The fourth-order valence-electron chi connectivity index (χ4n) is 1.28. The van der Waals surface area contributed by atoms with Gasteiger partial charge in [-0.25, -0.2) is 0 Å². The van der Waals surface area contributed by atoms with Gasteiger partial charge in [0.2, 0.25) is 0 Å². The van der Waals surface area contributed by atoms with E-state index < -0.39 is 0 Å². The van der Waals surface area contributed by atoms with Crippen LogP contribution in [-0.4, -0.2) is 12.6 Å². The molecule has 82 valence electrons. The molecular weight excluding hydrogens is 188 g/mol. The van der Waals surface area contributed by atoms with E-state index in [0.717, 1.165) is 17.7 Å². The van der Waals surface area contributed by atoms with E-state index in [0.29, 0.717) is 6.61 Å². The molecule has 0 aliphatic carbocycles. The lowest BCUT2D eigenvalue weighted by Crippen LogP contribution is -2.36. The zero-order valence-corrected chi connectivity index (χ0v) is 9.07. The lowest BCUT2D eigenvalue weighted by molar-refractivity contribution is 0.294. The molecule has 0 heterocycles. The van der Waals surface area contributed by atoms with E-state index in [1.165, 1.54) is 0 Å². The second-order valence-electron chi connectivity index (χ2n) is 3.52. The van der Waals surface area contributed by atoms with Gasteiger partial charge in [0.15, 0.2) is 0 Å². The van der Waals surface area contributed by atoms with E-state index in [4.69, 9.17) is 10.6 Å². The SMILES string of the molecule is C=C(C)C(CCOc1ccccc1)NN. The highest BCUT2D eigenvalue weighted by atomic mass is 16.5. The van der Waals surface area contributed by atoms with E-state index in [2.05, 4.69) is 12.0 Å². The van der Waals surface area contributed by atoms with Crippen LogP contribution in [0.2, 0.25) is 0 Å². The van der Waals surface area contributed by atoms with Crippen LogP contribution in [0.3, 0.4) is 0 Å². The number of hydrogen-bond acceptors (Lipinski definition) is 3. The molecule has 0 saturated heterocycles. The Bertz CT molecular complexity index is 298. The average molecular weight is 206 g/mol. The molecule has 0 bridgehead atoms. The Labute approximate surface area is 90.9 Å². The number of para-hydroxylation sites is 1. The zero-order valence-electron chi connectivity index (χ0n) is 9.07. The summed E-state index contributed by atoms with van der Waals surface area (Å²) < 4.78 is 5.55. The number of hydrogen-bond donors (Lipinski definition) is 2. The van der Waals surface area contributed by atoms with Crippen LogP contribution in [0.5, 0.6) is 5.75 Å². The fraction of sp³-hybridized carbons (Fsp3) is 0.333. The van der Waals surface area contributed by atoms with Crippen molar-refractivity contribution in [3.63, 3.8) is 0 Å². The molecule has 0 aliphatic heterocycles. The number of rotatable bonds is 6. The summed E-state index contributed by atoms with van der Waals surface area (Å²) in [5.41, 5.74) is 3.73. The quantitative estimate of drug-likeness (QED) is 0.424. The Morgan fingerprint density at radius 2 is 2.13 bits per heavy atom. The van der Waals surface area contributed by atoms with Crippen LogP contribution in [0.1, 0.15) is 13.3 Å². The van der Waals surface area contributed by atoms with Gasteiger partial charge in [-0.2, -0.15) is 0 Å². The summed E-state index contributed by atoms with van der Waals surface area (Å²) in [6, 6.07) is 9.86. The Morgan fingerprint density at radius 1 is 1.47 bits per heavy atom. The van der Waals surface area contributed by atoms with Crippen molar-refractivity contribution < 1.29 is 4.74 Å². The fourth-order valence-corrected chi connectivity index (χ4v) is 1.28. The molecule has 0 fully saturated rings. The molecule has 0 aliphatic rings. The summed E-state index contributed by atoms with van der Waals surface area (Å²) in [7, 11) is 0. The standard InChI is InChI=1S/C12H18N2O/c1-10(2)12(14-13)8-9-15-11-6-4-3-5-7-11/h3-7,12,14H,1,8-9,13H2,2H3. The number of benzene rings is 1. The lowest BCUT2D eigenvalue weighted by Gasteiger charge is -2.15. The van der Waals surface area contributed by atoms with Gasteiger partial charge in [-0.15, -0.1) is 0 Å². The van der Waals surface area contributed by atoms with Crippen molar-refractivity contribution in [3.8, 4) is 5.75 Å². The smallest absolute Gasteiger partial charge is 0.119 e. The monoisotopic (exact) mass is 206 g/mol. The Hall–Kier alpha value is -1.32. The molecule has 15 heavy (non-hydrogen) atoms. The molecule has 3 nitrogen and oxygen atoms in total. The summed E-state index contributed by atoms with van der Waals surface area (Å²) >= 11 is 0. The molecule has 0 amide bonds. The Kier molecular flexibility index (Phi) is 4.87. The van der Waals surface area contributed by atoms with Crippen LogP contribution in [0, 0.1) is 0 Å². The Balaban J connectivity index is 2.30. The van der Waals surface area contributed by atoms with Crippen LogP contribution in [0.25, 0.3) is 0 Å². The molecule has 3 heteroatoms. The summed E-state index contributed by atoms with van der Waals surface area (Å²) in [4.78, 5) is 0. The van der Waals surface area contributed by atoms with E-state index in [-0.39, 0.29) is 6.04 Å². The van der Waals surface area contributed by atoms with E-state index in [1.807, 2.05) is 37.3 Å². The Morgan fingerprint density at radius 3 is 2.67 bits per heavy atom. The molecule has 1 unspecified atom stereocenters. The maximum atomic E-state index is 5.55. The van der Waals surface area contributed by atoms with Gasteiger partial charge in [0, 0.05) is 12.5 Å². The van der Waals surface area contributed by atoms with Crippen molar-refractivity contribution in [2.24, 2.45) is 5.84 Å². The first-order valence-electron chi connectivity index (χ1n) is 5.03. The van der Waals surface area contributed by atoms with E-state index in [9.17, 15) is 0 Å². The second kappa shape index (κ2) is 6.22. The van der Waals surface area contributed by atoms with Crippen LogP contribution >= 0.6 is 0 Å². The molecule has 1 aromatic carbocycles. The molecular formula is C12H18N2O. The van der Waals surface area contributed by atoms with Gasteiger partial charge >= 0.3 is 0 Å². The van der Waals surface area contributed by atoms with Crippen molar-refractivity contribution in [3.05, 3.63) is 42.5 Å². The third kappa shape index (κ3) is 4.14. The maximum Gasteiger partial charge on any atom is 0.119 e. The zero-order chi connectivity index (χ0) is 11.1. The van der Waals surface area contributed by atoms with Crippen molar-refractivity contribution in [1.29, 1.82) is 0 Å². The van der Waals surface area contributed by atoms with Crippen LogP contribution in [-0.2, 0) is 0 Å². The summed E-state index contributed by atoms with van der Waals surface area (Å²) in [5.74, 6) is 6.27. The van der Waals surface area contributed by atoms with Gasteiger partial charge in [0.1, 0.15) is 5.75 Å². The predicted octanol–water partition coefficient (Wildman–Crippen LogP) is 1.86. The largest absolute Gasteiger partial charge is 0.494 e. The van der Waals surface area contributed by atoms with E-state index in [1.54, 1.807) is 0 Å². The molecule has 1 aromatic rings. The van der Waals surface area contributed by atoms with Gasteiger partial charge in [-0.05, 0) is 19.1 Å². The summed E-state index contributed by atoms with van der Waals surface area (Å²) in [6.45, 7) is 6.44. The highest BCUT2D eigenvalue weighted by Crippen LogP contribution is 2.10. The molecule has 0 saturated carbocycles. The number of nitrogens with two attached hydrogens (primary N) is 1. The van der Waals surface area contributed by atoms with Crippen LogP contribution in [0.4, 0.5) is 0 Å². The molecule has 1 atom stereocenters. The molecule has 0 aromatic heterocycles. The number of ether oxygens (including phenoxy) is 1. The van der Waals surface area contributed by atoms with Crippen LogP contribution < -0.4 is 16.0 Å². The average Bonchev–Trinajstić information content (AvgIpc) is 2.25. The van der Waals surface area contributed by atoms with Gasteiger partial charge in [-0.1, -0.05) is 30.4 Å². The molecule has 0 spiro atoms. The van der Waals surface area contributed by atoms with Gasteiger partial charge in [0.05, 0.1) is 6.61 Å². The molecule has 1 rings (SSSR count).